The number of para-hydroxylation sites is 1. The lowest BCUT2D eigenvalue weighted by Gasteiger charge is -2.13. The molecule has 0 bridgehead atoms. The number of thiazole rings is 1. The first-order chi connectivity index (χ1) is 10.1. The molecule has 0 radical (unpaired) electrons. The summed E-state index contributed by atoms with van der Waals surface area (Å²) >= 11 is 5.04. The fourth-order valence-electron chi connectivity index (χ4n) is 2.11. The minimum absolute atomic E-state index is 0.0226. The molecule has 0 unspecified atom stereocenters. The smallest absolute Gasteiger partial charge is 0.254 e. The van der Waals surface area contributed by atoms with Gasteiger partial charge in [-0.1, -0.05) is 34.1 Å². The monoisotopic (exact) mass is 360 g/mol. The van der Waals surface area contributed by atoms with Crippen LogP contribution >= 0.6 is 27.3 Å². The molecule has 0 atom stereocenters. The van der Waals surface area contributed by atoms with E-state index in [1.165, 1.54) is 0 Å². The number of hydrogen-bond acceptors (Lipinski definition) is 3. The van der Waals surface area contributed by atoms with Gasteiger partial charge >= 0.3 is 0 Å². The Labute approximate surface area is 135 Å². The van der Waals surface area contributed by atoms with E-state index in [9.17, 15) is 4.79 Å². The Bertz CT molecular complexity index is 793. The van der Waals surface area contributed by atoms with Gasteiger partial charge in [-0.15, -0.1) is 11.3 Å². The van der Waals surface area contributed by atoms with Gasteiger partial charge in [0.1, 0.15) is 5.01 Å². The van der Waals surface area contributed by atoms with Crippen LogP contribution in [0.5, 0.6) is 0 Å². The number of halogens is 1. The van der Waals surface area contributed by atoms with Crippen molar-refractivity contribution < 1.29 is 4.79 Å². The van der Waals surface area contributed by atoms with Crippen LogP contribution in [0.25, 0.3) is 20.8 Å². The maximum atomic E-state index is 12.4. The van der Waals surface area contributed by atoms with E-state index in [0.29, 0.717) is 5.56 Å². The molecule has 2 aromatic carbocycles. The van der Waals surface area contributed by atoms with Gasteiger partial charge in [-0.2, -0.15) is 0 Å². The van der Waals surface area contributed by atoms with Gasteiger partial charge in [0.15, 0.2) is 0 Å². The highest BCUT2D eigenvalue weighted by Gasteiger charge is 2.17. The van der Waals surface area contributed by atoms with E-state index in [-0.39, 0.29) is 5.91 Å². The van der Waals surface area contributed by atoms with Gasteiger partial charge in [0.2, 0.25) is 0 Å². The average Bonchev–Trinajstić information content (AvgIpc) is 2.89. The van der Waals surface area contributed by atoms with Crippen molar-refractivity contribution in [2.24, 2.45) is 0 Å². The molecule has 1 amide bonds. The van der Waals surface area contributed by atoms with Crippen molar-refractivity contribution in [3.05, 3.63) is 52.5 Å². The molecular weight excluding hydrogens is 348 g/mol. The molecule has 3 nitrogen and oxygen atoms in total. The van der Waals surface area contributed by atoms with Gasteiger partial charge in [-0.3, -0.25) is 4.79 Å². The molecule has 106 valence electrons. The Morgan fingerprint density at radius 3 is 2.67 bits per heavy atom. The van der Waals surface area contributed by atoms with Gasteiger partial charge < -0.3 is 4.90 Å². The van der Waals surface area contributed by atoms with Crippen LogP contribution in [-0.2, 0) is 0 Å². The normalized spacial score (nSPS) is 10.8. The Morgan fingerprint density at radius 2 is 1.95 bits per heavy atom. The summed E-state index contributed by atoms with van der Waals surface area (Å²) in [6.45, 7) is 0. The SMILES string of the molecule is CN(C)C(=O)c1cc(Br)ccc1-c1nc2ccccc2s1. The van der Waals surface area contributed by atoms with Crippen molar-refractivity contribution in [1.82, 2.24) is 9.88 Å². The summed E-state index contributed by atoms with van der Waals surface area (Å²) in [4.78, 5) is 18.6. The zero-order chi connectivity index (χ0) is 15.0. The molecule has 0 saturated heterocycles. The molecule has 0 fully saturated rings. The molecule has 0 aliphatic rings. The summed E-state index contributed by atoms with van der Waals surface area (Å²) in [5, 5.41) is 0.869. The third-order valence-electron chi connectivity index (χ3n) is 3.14. The second-order valence-electron chi connectivity index (χ2n) is 4.88. The molecule has 1 heterocycles. The van der Waals surface area contributed by atoms with Gasteiger partial charge in [0, 0.05) is 24.1 Å². The molecule has 3 aromatic rings. The van der Waals surface area contributed by atoms with Crippen molar-refractivity contribution in [2.75, 3.05) is 14.1 Å². The number of aromatic nitrogens is 1. The van der Waals surface area contributed by atoms with E-state index < -0.39 is 0 Å². The molecule has 21 heavy (non-hydrogen) atoms. The minimum atomic E-state index is -0.0226. The highest BCUT2D eigenvalue weighted by Crippen LogP contribution is 2.33. The fraction of sp³-hybridized carbons (Fsp3) is 0.125. The largest absolute Gasteiger partial charge is 0.345 e. The van der Waals surface area contributed by atoms with Crippen LogP contribution in [-0.4, -0.2) is 29.9 Å². The van der Waals surface area contributed by atoms with Gasteiger partial charge in [-0.05, 0) is 24.3 Å². The number of amides is 1. The van der Waals surface area contributed by atoms with Crippen LogP contribution in [0, 0.1) is 0 Å². The zero-order valence-electron chi connectivity index (χ0n) is 11.6. The third-order valence-corrected chi connectivity index (χ3v) is 4.71. The van der Waals surface area contributed by atoms with Crippen molar-refractivity contribution >= 4 is 43.4 Å². The number of carbonyl (C=O) groups excluding carboxylic acids is 1. The summed E-state index contributed by atoms with van der Waals surface area (Å²) < 4.78 is 2.01. The molecule has 0 aliphatic heterocycles. The van der Waals surface area contributed by atoms with Crippen LogP contribution in [0.1, 0.15) is 10.4 Å². The number of hydrogen-bond donors (Lipinski definition) is 0. The van der Waals surface area contributed by atoms with Crippen molar-refractivity contribution in [1.29, 1.82) is 0 Å². The van der Waals surface area contributed by atoms with Crippen LogP contribution in [0.3, 0.4) is 0 Å². The molecule has 0 spiro atoms. The maximum Gasteiger partial charge on any atom is 0.254 e. The highest BCUT2D eigenvalue weighted by molar-refractivity contribution is 9.10. The van der Waals surface area contributed by atoms with E-state index in [4.69, 9.17) is 0 Å². The average molecular weight is 361 g/mol. The lowest BCUT2D eigenvalue weighted by atomic mass is 10.1. The van der Waals surface area contributed by atoms with Gasteiger partial charge in [-0.25, -0.2) is 4.98 Å². The minimum Gasteiger partial charge on any atom is -0.345 e. The summed E-state index contributed by atoms with van der Waals surface area (Å²) in [6.07, 6.45) is 0. The molecule has 1 aromatic heterocycles. The highest BCUT2D eigenvalue weighted by atomic mass is 79.9. The zero-order valence-corrected chi connectivity index (χ0v) is 14.0. The van der Waals surface area contributed by atoms with Gasteiger partial charge in [0.05, 0.1) is 15.8 Å². The quantitative estimate of drug-likeness (QED) is 0.677. The van der Waals surface area contributed by atoms with E-state index in [1.807, 2.05) is 42.5 Å². The molecule has 0 aliphatic carbocycles. The number of carbonyl (C=O) groups is 1. The lowest BCUT2D eigenvalue weighted by molar-refractivity contribution is 0.0828. The molecule has 0 N–H and O–H groups in total. The number of nitrogens with zero attached hydrogens (tertiary/aromatic N) is 2. The molecule has 3 rings (SSSR count). The number of rotatable bonds is 2. The van der Waals surface area contributed by atoms with Crippen LogP contribution in [0.4, 0.5) is 0 Å². The summed E-state index contributed by atoms with van der Waals surface area (Å²) in [7, 11) is 3.51. The van der Waals surface area contributed by atoms with Crippen LogP contribution in [0.15, 0.2) is 46.9 Å². The Kier molecular flexibility index (Phi) is 3.78. The first-order valence-corrected chi connectivity index (χ1v) is 8.04. The van der Waals surface area contributed by atoms with E-state index >= 15 is 0 Å². The third kappa shape index (κ3) is 2.71. The lowest BCUT2D eigenvalue weighted by Crippen LogP contribution is -2.22. The predicted molar refractivity (Wildman–Crippen MR) is 90.8 cm³/mol. The summed E-state index contributed by atoms with van der Waals surface area (Å²) in [5.41, 5.74) is 2.50. The summed E-state index contributed by atoms with van der Waals surface area (Å²) in [5.74, 6) is -0.0226. The van der Waals surface area contributed by atoms with E-state index in [2.05, 4.69) is 20.9 Å². The van der Waals surface area contributed by atoms with Crippen LogP contribution in [0.2, 0.25) is 0 Å². The Morgan fingerprint density at radius 1 is 1.19 bits per heavy atom. The molecule has 0 saturated carbocycles. The Balaban J connectivity index is 2.19. The second-order valence-corrected chi connectivity index (χ2v) is 6.82. The number of benzene rings is 2. The van der Waals surface area contributed by atoms with Gasteiger partial charge in [0.25, 0.3) is 5.91 Å². The predicted octanol–water partition coefficient (Wildman–Crippen LogP) is 4.43. The fourth-order valence-corrected chi connectivity index (χ4v) is 3.47. The Hall–Kier alpha value is -1.72. The standard InChI is InChI=1S/C16H13BrN2OS/c1-19(2)16(20)12-9-10(17)7-8-11(12)15-18-13-5-3-4-6-14(13)21-15/h3-9H,1-2H3. The van der Waals surface area contributed by atoms with Crippen molar-refractivity contribution in [3.63, 3.8) is 0 Å². The second kappa shape index (κ2) is 5.58. The van der Waals surface area contributed by atoms with Crippen molar-refractivity contribution in [3.8, 4) is 10.6 Å². The number of fused-ring (bicyclic) bond motifs is 1. The van der Waals surface area contributed by atoms with Crippen LogP contribution < -0.4 is 0 Å². The first kappa shape index (κ1) is 14.2. The molecular formula is C16H13BrN2OS. The van der Waals surface area contributed by atoms with E-state index in [1.54, 1.807) is 30.3 Å². The first-order valence-electron chi connectivity index (χ1n) is 6.43. The van der Waals surface area contributed by atoms with Crippen molar-refractivity contribution in [2.45, 2.75) is 0 Å². The maximum absolute atomic E-state index is 12.4. The summed E-state index contributed by atoms with van der Waals surface area (Å²) in [6, 6.07) is 13.7. The van der Waals surface area contributed by atoms with E-state index in [0.717, 1.165) is 25.3 Å². The topological polar surface area (TPSA) is 33.2 Å². The molecule has 5 heteroatoms.